The summed E-state index contributed by atoms with van der Waals surface area (Å²) in [5.74, 6) is 2.37. The van der Waals surface area contributed by atoms with Crippen LogP contribution in [0.25, 0.3) is 0 Å². The summed E-state index contributed by atoms with van der Waals surface area (Å²) >= 11 is 0. The van der Waals surface area contributed by atoms with Crippen LogP contribution in [0, 0.1) is 0 Å². The van der Waals surface area contributed by atoms with Crippen molar-refractivity contribution in [2.24, 2.45) is 0 Å². The molecule has 0 aliphatic rings. The third-order valence-electron chi connectivity index (χ3n) is 3.80. The van der Waals surface area contributed by atoms with Crippen molar-refractivity contribution in [2.75, 3.05) is 35.3 Å². The molecule has 0 radical (unpaired) electrons. The van der Waals surface area contributed by atoms with E-state index >= 15 is 0 Å². The number of nitrogen functional groups attached to an aromatic ring is 2. The third kappa shape index (κ3) is 4.73. The van der Waals surface area contributed by atoms with Crippen molar-refractivity contribution >= 4 is 34.5 Å². The average molecular weight is 380 g/mol. The first-order chi connectivity index (χ1) is 13.6. The zero-order valence-corrected chi connectivity index (χ0v) is 15.9. The number of nitrogens with one attached hydrogen (secondary N) is 2. The number of benzene rings is 2. The van der Waals surface area contributed by atoms with Crippen LogP contribution in [0.3, 0.4) is 0 Å². The van der Waals surface area contributed by atoms with E-state index in [1.165, 1.54) is 0 Å². The number of rotatable bonds is 8. The average Bonchev–Trinajstić information content (AvgIpc) is 2.67. The van der Waals surface area contributed by atoms with Gasteiger partial charge in [-0.1, -0.05) is 0 Å². The van der Waals surface area contributed by atoms with Gasteiger partial charge in [-0.2, -0.15) is 4.98 Å². The largest absolute Gasteiger partial charge is 0.492 e. The Hall–Kier alpha value is -3.68. The van der Waals surface area contributed by atoms with Crippen LogP contribution in [0.15, 0.2) is 48.7 Å². The molecule has 0 atom stereocenters. The molecule has 0 saturated heterocycles. The maximum atomic E-state index is 6.01. The first-order valence-corrected chi connectivity index (χ1v) is 9.00. The maximum Gasteiger partial charge on any atom is 0.229 e. The van der Waals surface area contributed by atoms with Crippen molar-refractivity contribution < 1.29 is 9.47 Å². The van der Waals surface area contributed by atoms with E-state index in [0.717, 1.165) is 11.4 Å². The van der Waals surface area contributed by atoms with E-state index in [1.807, 2.05) is 38.1 Å². The molecule has 2 aromatic carbocycles. The Bertz CT molecular complexity index is 875. The van der Waals surface area contributed by atoms with Crippen LogP contribution in [0.4, 0.5) is 34.5 Å². The third-order valence-corrected chi connectivity index (χ3v) is 3.80. The number of nitrogens with two attached hydrogens (primary N) is 2. The van der Waals surface area contributed by atoms with Crippen molar-refractivity contribution in [2.45, 2.75) is 13.8 Å². The highest BCUT2D eigenvalue weighted by molar-refractivity contribution is 5.68. The molecule has 146 valence electrons. The lowest BCUT2D eigenvalue weighted by molar-refractivity contribution is 0.342. The minimum atomic E-state index is 0.437. The molecular formula is C20H24N6O2. The summed E-state index contributed by atoms with van der Waals surface area (Å²) < 4.78 is 10.9. The molecule has 6 N–H and O–H groups in total. The smallest absolute Gasteiger partial charge is 0.229 e. The van der Waals surface area contributed by atoms with E-state index in [9.17, 15) is 0 Å². The quantitative estimate of drug-likeness (QED) is 0.434. The van der Waals surface area contributed by atoms with E-state index in [1.54, 1.807) is 24.4 Å². The van der Waals surface area contributed by atoms with Crippen molar-refractivity contribution in [3.05, 3.63) is 48.7 Å². The summed E-state index contributed by atoms with van der Waals surface area (Å²) in [4.78, 5) is 8.70. The van der Waals surface area contributed by atoms with Gasteiger partial charge >= 0.3 is 0 Å². The van der Waals surface area contributed by atoms with E-state index in [0.29, 0.717) is 47.9 Å². The lowest BCUT2D eigenvalue weighted by atomic mass is 10.2. The highest BCUT2D eigenvalue weighted by atomic mass is 16.5. The van der Waals surface area contributed by atoms with Gasteiger partial charge in [-0.3, -0.25) is 0 Å². The number of nitrogens with zero attached hydrogens (tertiary/aromatic N) is 2. The van der Waals surface area contributed by atoms with Crippen LogP contribution < -0.4 is 31.6 Å². The molecule has 1 heterocycles. The summed E-state index contributed by atoms with van der Waals surface area (Å²) in [6.45, 7) is 4.95. The fraction of sp³-hybridized carbons (Fsp3) is 0.200. The SMILES string of the molecule is CCOc1ccc(Nc2ccnc(Nc3ccc(OCC)c(N)c3)n2)cc1N. The predicted octanol–water partition coefficient (Wildman–Crippen LogP) is 3.93. The molecule has 0 spiro atoms. The minimum Gasteiger partial charge on any atom is -0.492 e. The number of aromatic nitrogens is 2. The molecule has 8 nitrogen and oxygen atoms in total. The Morgan fingerprint density at radius 2 is 1.39 bits per heavy atom. The Kier molecular flexibility index (Phi) is 6.01. The van der Waals surface area contributed by atoms with Crippen molar-refractivity contribution in [1.29, 1.82) is 0 Å². The number of anilines is 6. The molecule has 3 aromatic rings. The molecule has 0 bridgehead atoms. The Labute approximate surface area is 163 Å². The zero-order valence-electron chi connectivity index (χ0n) is 15.9. The summed E-state index contributed by atoms with van der Waals surface area (Å²) in [7, 11) is 0. The molecule has 0 aliphatic heterocycles. The van der Waals surface area contributed by atoms with E-state index < -0.39 is 0 Å². The number of hydrogen-bond donors (Lipinski definition) is 4. The van der Waals surface area contributed by atoms with Crippen LogP contribution in [-0.4, -0.2) is 23.2 Å². The predicted molar refractivity (Wildman–Crippen MR) is 113 cm³/mol. The highest BCUT2D eigenvalue weighted by Crippen LogP contribution is 2.28. The summed E-state index contributed by atoms with van der Waals surface area (Å²) in [6, 6.07) is 12.7. The molecule has 0 saturated carbocycles. The second kappa shape index (κ2) is 8.81. The van der Waals surface area contributed by atoms with Crippen molar-refractivity contribution in [3.8, 4) is 11.5 Å². The normalized spacial score (nSPS) is 10.4. The van der Waals surface area contributed by atoms with Gasteiger partial charge in [-0.25, -0.2) is 4.98 Å². The lowest BCUT2D eigenvalue weighted by Crippen LogP contribution is -2.02. The Morgan fingerprint density at radius 1 is 0.821 bits per heavy atom. The standard InChI is InChI=1S/C20H24N6O2/c1-3-27-17-7-5-13(11-15(17)21)24-19-9-10-23-20(26-19)25-14-6-8-18(28-4-2)16(22)12-14/h5-12H,3-4,21-22H2,1-2H3,(H2,23,24,25,26). The fourth-order valence-corrected chi connectivity index (χ4v) is 2.59. The fourth-order valence-electron chi connectivity index (χ4n) is 2.59. The molecule has 0 aliphatic carbocycles. The van der Waals surface area contributed by atoms with E-state index in [2.05, 4.69) is 20.6 Å². The van der Waals surface area contributed by atoms with Gasteiger partial charge in [-0.15, -0.1) is 0 Å². The molecule has 28 heavy (non-hydrogen) atoms. The first kappa shape index (κ1) is 19.1. The lowest BCUT2D eigenvalue weighted by Gasteiger charge is -2.12. The summed E-state index contributed by atoms with van der Waals surface area (Å²) in [5.41, 5.74) is 14.7. The van der Waals surface area contributed by atoms with Crippen LogP contribution in [0.1, 0.15) is 13.8 Å². The zero-order chi connectivity index (χ0) is 19.9. The Balaban J connectivity index is 1.72. The molecule has 0 fully saturated rings. The van der Waals surface area contributed by atoms with Gasteiger partial charge in [0.1, 0.15) is 17.3 Å². The van der Waals surface area contributed by atoms with Crippen molar-refractivity contribution in [3.63, 3.8) is 0 Å². The van der Waals surface area contributed by atoms with Crippen molar-refractivity contribution in [1.82, 2.24) is 9.97 Å². The van der Waals surface area contributed by atoms with Gasteiger partial charge in [0.15, 0.2) is 0 Å². The molecule has 1 aromatic heterocycles. The molecule has 3 rings (SSSR count). The van der Waals surface area contributed by atoms with Gasteiger partial charge in [0, 0.05) is 17.6 Å². The van der Waals surface area contributed by atoms with Gasteiger partial charge < -0.3 is 31.6 Å². The molecular weight excluding hydrogens is 356 g/mol. The Morgan fingerprint density at radius 3 is 1.93 bits per heavy atom. The topological polar surface area (TPSA) is 120 Å². The van der Waals surface area contributed by atoms with Gasteiger partial charge in [0.2, 0.25) is 5.95 Å². The summed E-state index contributed by atoms with van der Waals surface area (Å²) in [5, 5.41) is 6.34. The molecule has 0 amide bonds. The second-order valence-electron chi connectivity index (χ2n) is 5.89. The van der Waals surface area contributed by atoms with Gasteiger partial charge in [0.05, 0.1) is 24.6 Å². The highest BCUT2D eigenvalue weighted by Gasteiger charge is 2.06. The van der Waals surface area contributed by atoms with Crippen LogP contribution in [0.5, 0.6) is 11.5 Å². The van der Waals surface area contributed by atoms with Crippen LogP contribution >= 0.6 is 0 Å². The van der Waals surface area contributed by atoms with E-state index in [4.69, 9.17) is 20.9 Å². The minimum absolute atomic E-state index is 0.437. The van der Waals surface area contributed by atoms with E-state index in [-0.39, 0.29) is 0 Å². The molecule has 8 heteroatoms. The van der Waals surface area contributed by atoms with Crippen LogP contribution in [0.2, 0.25) is 0 Å². The first-order valence-electron chi connectivity index (χ1n) is 9.00. The summed E-state index contributed by atoms with van der Waals surface area (Å²) in [6.07, 6.45) is 1.66. The van der Waals surface area contributed by atoms with Crippen LogP contribution in [-0.2, 0) is 0 Å². The molecule has 0 unspecified atom stereocenters. The monoisotopic (exact) mass is 380 g/mol. The van der Waals surface area contributed by atoms with Gasteiger partial charge in [0.25, 0.3) is 0 Å². The number of hydrogen-bond acceptors (Lipinski definition) is 8. The number of ether oxygens (including phenoxy) is 2. The second-order valence-corrected chi connectivity index (χ2v) is 5.89. The maximum absolute atomic E-state index is 6.01. The van der Waals surface area contributed by atoms with Gasteiger partial charge in [-0.05, 0) is 56.3 Å².